The molecule has 0 aromatic rings. The molecule has 0 aliphatic carbocycles. The second-order valence-electron chi connectivity index (χ2n) is 2.16. The van der Waals surface area contributed by atoms with Crippen molar-refractivity contribution < 1.29 is 13.2 Å². The van der Waals surface area contributed by atoms with Gasteiger partial charge < -0.3 is 0 Å². The third kappa shape index (κ3) is 2.90. The maximum absolute atomic E-state index is 12.1. The van der Waals surface area contributed by atoms with Crippen molar-refractivity contribution >= 4 is 5.71 Å². The van der Waals surface area contributed by atoms with Gasteiger partial charge >= 0.3 is 6.18 Å². The van der Waals surface area contributed by atoms with Gasteiger partial charge in [-0.25, -0.2) is 0 Å². The predicted molar refractivity (Wildman–Crippen MR) is 43.4 cm³/mol. The largest absolute Gasteiger partial charge is 0.433 e. The molecule has 0 aliphatic heterocycles. The first kappa shape index (κ1) is 10.9. The van der Waals surface area contributed by atoms with Gasteiger partial charge in [0.05, 0.1) is 0 Å². The lowest BCUT2D eigenvalue weighted by molar-refractivity contribution is -0.0582. The fourth-order valence-corrected chi connectivity index (χ4v) is 0.782. The van der Waals surface area contributed by atoms with E-state index in [9.17, 15) is 13.2 Å². The molecule has 0 rings (SSSR count). The highest BCUT2D eigenvalue weighted by Crippen LogP contribution is 2.21. The van der Waals surface area contributed by atoms with E-state index in [1.54, 1.807) is 0 Å². The van der Waals surface area contributed by atoms with E-state index in [2.05, 4.69) is 11.6 Å². The van der Waals surface area contributed by atoms with Gasteiger partial charge in [0, 0.05) is 7.05 Å². The highest BCUT2D eigenvalue weighted by molar-refractivity contribution is 6.03. The number of hydrogen-bond acceptors (Lipinski definition) is 1. The highest BCUT2D eigenvalue weighted by atomic mass is 19.4. The SMILES string of the molecule is C=C/C=C(/C)C(=NC)C(F)(F)F. The molecule has 0 aliphatic rings. The molecular formula is C8H10F3N. The smallest absolute Gasteiger partial charge is 0.284 e. The van der Waals surface area contributed by atoms with Crippen LogP contribution in [0, 0.1) is 0 Å². The Kier molecular flexibility index (Phi) is 3.73. The summed E-state index contributed by atoms with van der Waals surface area (Å²) < 4.78 is 36.3. The molecule has 12 heavy (non-hydrogen) atoms. The maximum Gasteiger partial charge on any atom is 0.433 e. The molecule has 0 aromatic heterocycles. The fourth-order valence-electron chi connectivity index (χ4n) is 0.782. The van der Waals surface area contributed by atoms with Gasteiger partial charge in [0.1, 0.15) is 5.71 Å². The number of nitrogens with zero attached hydrogens (tertiary/aromatic N) is 1. The topological polar surface area (TPSA) is 12.4 Å². The van der Waals surface area contributed by atoms with Crippen LogP contribution in [0.15, 0.2) is 29.3 Å². The molecule has 0 aromatic carbocycles. The molecule has 0 atom stereocenters. The second-order valence-corrected chi connectivity index (χ2v) is 2.16. The van der Waals surface area contributed by atoms with Crippen molar-refractivity contribution in [2.45, 2.75) is 13.1 Å². The van der Waals surface area contributed by atoms with E-state index < -0.39 is 11.9 Å². The number of halogens is 3. The Labute approximate surface area is 69.3 Å². The van der Waals surface area contributed by atoms with Crippen molar-refractivity contribution in [3.05, 3.63) is 24.3 Å². The highest BCUT2D eigenvalue weighted by Gasteiger charge is 2.35. The zero-order chi connectivity index (χ0) is 9.78. The lowest BCUT2D eigenvalue weighted by Crippen LogP contribution is -2.23. The van der Waals surface area contributed by atoms with Gasteiger partial charge in [-0.2, -0.15) is 13.2 Å². The monoisotopic (exact) mass is 177 g/mol. The Morgan fingerprint density at radius 1 is 1.42 bits per heavy atom. The molecular weight excluding hydrogens is 167 g/mol. The van der Waals surface area contributed by atoms with Gasteiger partial charge in [0.25, 0.3) is 0 Å². The molecule has 0 amide bonds. The molecule has 1 nitrogen and oxygen atoms in total. The van der Waals surface area contributed by atoms with E-state index in [1.807, 2.05) is 0 Å². The van der Waals surface area contributed by atoms with Crippen LogP contribution in [0.5, 0.6) is 0 Å². The minimum Gasteiger partial charge on any atom is -0.284 e. The van der Waals surface area contributed by atoms with Crippen LogP contribution >= 0.6 is 0 Å². The lowest BCUT2D eigenvalue weighted by atomic mass is 10.1. The van der Waals surface area contributed by atoms with Gasteiger partial charge in [-0.3, -0.25) is 4.99 Å². The van der Waals surface area contributed by atoms with Gasteiger partial charge in [0.15, 0.2) is 0 Å². The third-order valence-electron chi connectivity index (χ3n) is 1.23. The molecule has 0 radical (unpaired) electrons. The van der Waals surface area contributed by atoms with Crippen LogP contribution in [0.3, 0.4) is 0 Å². The van der Waals surface area contributed by atoms with E-state index in [0.29, 0.717) is 0 Å². The molecule has 4 heteroatoms. The molecule has 0 spiro atoms. The number of hydrogen-bond donors (Lipinski definition) is 0. The first-order valence-corrected chi connectivity index (χ1v) is 3.27. The Bertz CT molecular complexity index is 223. The number of rotatable bonds is 2. The Hall–Kier alpha value is -1.06. The number of alkyl halides is 3. The Morgan fingerprint density at radius 2 is 1.92 bits per heavy atom. The van der Waals surface area contributed by atoms with E-state index in [0.717, 1.165) is 7.05 Å². The fraction of sp³-hybridized carbons (Fsp3) is 0.375. The molecule has 0 saturated carbocycles. The van der Waals surface area contributed by atoms with E-state index in [-0.39, 0.29) is 5.57 Å². The first-order valence-electron chi connectivity index (χ1n) is 3.27. The third-order valence-corrected chi connectivity index (χ3v) is 1.23. The van der Waals surface area contributed by atoms with E-state index in [4.69, 9.17) is 0 Å². The van der Waals surface area contributed by atoms with Crippen molar-refractivity contribution in [1.82, 2.24) is 0 Å². The Morgan fingerprint density at radius 3 is 2.17 bits per heavy atom. The second kappa shape index (κ2) is 4.09. The van der Waals surface area contributed by atoms with Crippen molar-refractivity contribution in [1.29, 1.82) is 0 Å². The van der Waals surface area contributed by atoms with Crippen LogP contribution in [0.2, 0.25) is 0 Å². The molecule has 68 valence electrons. The van der Waals surface area contributed by atoms with Crippen molar-refractivity contribution in [2.24, 2.45) is 4.99 Å². The average Bonchev–Trinajstić information content (AvgIpc) is 1.85. The van der Waals surface area contributed by atoms with Crippen molar-refractivity contribution in [3.8, 4) is 0 Å². The van der Waals surface area contributed by atoms with Gasteiger partial charge in [-0.15, -0.1) is 0 Å². The van der Waals surface area contributed by atoms with E-state index >= 15 is 0 Å². The molecule has 0 N–H and O–H groups in total. The zero-order valence-corrected chi connectivity index (χ0v) is 6.94. The standard InChI is InChI=1S/C8H10F3N/c1-4-5-6(2)7(12-3)8(9,10)11/h4-5H,1H2,2-3H3/b6-5-,12-7?. The van der Waals surface area contributed by atoms with Crippen LogP contribution in [-0.4, -0.2) is 18.9 Å². The quantitative estimate of drug-likeness (QED) is 0.454. The average molecular weight is 177 g/mol. The summed E-state index contributed by atoms with van der Waals surface area (Å²) in [4.78, 5) is 3.15. The zero-order valence-electron chi connectivity index (χ0n) is 6.94. The summed E-state index contributed by atoms with van der Waals surface area (Å²) >= 11 is 0. The van der Waals surface area contributed by atoms with Gasteiger partial charge in [0.2, 0.25) is 0 Å². The normalized spacial score (nSPS) is 14.8. The van der Waals surface area contributed by atoms with Crippen LogP contribution in [0.25, 0.3) is 0 Å². The van der Waals surface area contributed by atoms with Gasteiger partial charge in [-0.05, 0) is 12.5 Å². The number of aliphatic imine (C=N–C) groups is 1. The van der Waals surface area contributed by atoms with Crippen LogP contribution in [0.4, 0.5) is 13.2 Å². The summed E-state index contributed by atoms with van der Waals surface area (Å²) in [6.45, 7) is 4.65. The summed E-state index contributed by atoms with van der Waals surface area (Å²) in [6.07, 6.45) is -1.81. The summed E-state index contributed by atoms with van der Waals surface area (Å²) in [5.41, 5.74) is -0.789. The summed E-state index contributed by atoms with van der Waals surface area (Å²) in [5.74, 6) is 0. The number of allylic oxidation sites excluding steroid dienone is 3. The predicted octanol–water partition coefficient (Wildman–Crippen LogP) is 2.75. The van der Waals surface area contributed by atoms with Crippen molar-refractivity contribution in [2.75, 3.05) is 7.05 Å². The minimum absolute atomic E-state index is 0.0694. The molecule has 0 bridgehead atoms. The molecule has 0 heterocycles. The molecule has 0 unspecified atom stereocenters. The maximum atomic E-state index is 12.1. The van der Waals surface area contributed by atoms with Gasteiger partial charge in [-0.1, -0.05) is 18.7 Å². The minimum atomic E-state index is -4.38. The van der Waals surface area contributed by atoms with Crippen LogP contribution < -0.4 is 0 Å². The van der Waals surface area contributed by atoms with Crippen molar-refractivity contribution in [3.63, 3.8) is 0 Å². The lowest BCUT2D eigenvalue weighted by Gasteiger charge is -2.09. The molecule has 0 saturated heterocycles. The summed E-state index contributed by atoms with van der Waals surface area (Å²) in [5, 5.41) is 0. The summed E-state index contributed by atoms with van der Waals surface area (Å²) in [7, 11) is 1.11. The van der Waals surface area contributed by atoms with Crippen LogP contribution in [-0.2, 0) is 0 Å². The summed E-state index contributed by atoms with van der Waals surface area (Å²) in [6, 6.07) is 0. The van der Waals surface area contributed by atoms with E-state index in [1.165, 1.54) is 19.1 Å². The van der Waals surface area contributed by atoms with Crippen LogP contribution in [0.1, 0.15) is 6.92 Å². The first-order chi connectivity index (χ1) is 5.43. The Balaban J connectivity index is 4.84. The molecule has 0 fully saturated rings.